The van der Waals surface area contributed by atoms with Gasteiger partial charge in [0.1, 0.15) is 0 Å². The third-order valence-corrected chi connectivity index (χ3v) is 7.06. The number of nitro benzene ring substituents is 1. The second-order valence-electron chi connectivity index (χ2n) is 7.65. The summed E-state index contributed by atoms with van der Waals surface area (Å²) in [5, 5.41) is 23.2. The van der Waals surface area contributed by atoms with Crippen molar-refractivity contribution in [2.45, 2.75) is 11.4 Å². The Morgan fingerprint density at radius 1 is 1.11 bits per heavy atom. The van der Waals surface area contributed by atoms with Crippen molar-refractivity contribution in [1.29, 1.82) is 0 Å². The van der Waals surface area contributed by atoms with Crippen LogP contribution in [0, 0.1) is 10.1 Å². The summed E-state index contributed by atoms with van der Waals surface area (Å²) < 4.78 is 12.8. The Hall–Kier alpha value is -3.55. The van der Waals surface area contributed by atoms with Crippen molar-refractivity contribution >= 4 is 61.0 Å². The van der Waals surface area contributed by atoms with Crippen LogP contribution >= 0.6 is 43.6 Å². The highest BCUT2D eigenvalue weighted by Crippen LogP contribution is 2.42. The Kier molecular flexibility index (Phi) is 7.09. The molecule has 0 spiro atoms. The molecule has 1 aliphatic rings. The van der Waals surface area contributed by atoms with Gasteiger partial charge in [-0.3, -0.25) is 10.1 Å². The van der Waals surface area contributed by atoms with Crippen LogP contribution < -0.4 is 14.8 Å². The van der Waals surface area contributed by atoms with Crippen molar-refractivity contribution in [2.24, 2.45) is 0 Å². The molecule has 2 heterocycles. The molecule has 1 N–H and O–H groups in total. The fourth-order valence-corrected chi connectivity index (χ4v) is 5.26. The number of para-hydroxylation sites is 1. The number of thioether (sulfide) groups is 1. The topological polar surface area (TPSA) is 129 Å². The molecule has 0 saturated heterocycles. The van der Waals surface area contributed by atoms with Gasteiger partial charge in [0.25, 0.3) is 5.69 Å². The largest absolute Gasteiger partial charge is 0.448 e. The molecule has 5 rings (SSSR count). The number of nitrogens with zero attached hydrogens (tertiary/aromatic N) is 4. The molecule has 1 unspecified atom stereocenters. The maximum Gasteiger partial charge on any atom is 0.343 e. The molecule has 1 aromatic heterocycles. The van der Waals surface area contributed by atoms with E-state index in [9.17, 15) is 14.9 Å². The molecule has 37 heavy (non-hydrogen) atoms. The van der Waals surface area contributed by atoms with E-state index in [0.29, 0.717) is 31.2 Å². The van der Waals surface area contributed by atoms with Crippen LogP contribution in [0.25, 0.3) is 11.3 Å². The van der Waals surface area contributed by atoms with Crippen LogP contribution in [0.5, 0.6) is 11.6 Å². The summed E-state index contributed by atoms with van der Waals surface area (Å²) in [4.78, 5) is 27.5. The third kappa shape index (κ3) is 5.15. The maximum atomic E-state index is 12.7. The van der Waals surface area contributed by atoms with E-state index in [1.54, 1.807) is 12.1 Å². The fourth-order valence-electron chi connectivity index (χ4n) is 3.58. The van der Waals surface area contributed by atoms with Gasteiger partial charge in [-0.1, -0.05) is 30.0 Å². The molecule has 1 aliphatic heterocycles. The molecule has 0 radical (unpaired) electrons. The zero-order valence-corrected chi connectivity index (χ0v) is 22.8. The Morgan fingerprint density at radius 3 is 2.49 bits per heavy atom. The van der Waals surface area contributed by atoms with Gasteiger partial charge in [-0.2, -0.15) is 4.98 Å². The molecule has 0 saturated carbocycles. The van der Waals surface area contributed by atoms with Gasteiger partial charge in [-0.15, -0.1) is 10.2 Å². The van der Waals surface area contributed by atoms with Crippen LogP contribution in [-0.2, 0) is 0 Å². The standard InChI is InChI=1S/C24H15Br2N5O5S/c1-37-24-28-22-19(29-30-24)15-4-2-3-5-18(15)27-21(36-22)13-10-16(25)20(17(26)11-13)35-23(32)12-6-8-14(9-7-12)31(33)34/h2-11,21,27H,1H3. The number of carbonyl (C=O) groups is 1. The van der Waals surface area contributed by atoms with Gasteiger partial charge in [0.2, 0.25) is 11.0 Å². The molecular weight excluding hydrogens is 630 g/mol. The molecule has 0 fully saturated rings. The molecule has 10 nitrogen and oxygen atoms in total. The van der Waals surface area contributed by atoms with Crippen molar-refractivity contribution in [1.82, 2.24) is 15.2 Å². The number of benzene rings is 3. The molecule has 0 bridgehead atoms. The number of fused-ring (bicyclic) bond motifs is 3. The molecule has 1 atom stereocenters. The van der Waals surface area contributed by atoms with Crippen LogP contribution in [0.3, 0.4) is 0 Å². The van der Waals surface area contributed by atoms with E-state index in [1.165, 1.54) is 36.0 Å². The van der Waals surface area contributed by atoms with Gasteiger partial charge in [0.05, 0.1) is 19.4 Å². The van der Waals surface area contributed by atoms with Gasteiger partial charge in [0.15, 0.2) is 17.7 Å². The summed E-state index contributed by atoms with van der Waals surface area (Å²) >= 11 is 8.32. The summed E-state index contributed by atoms with van der Waals surface area (Å²) in [6.07, 6.45) is 1.20. The highest BCUT2D eigenvalue weighted by Gasteiger charge is 2.27. The molecule has 13 heteroatoms. The summed E-state index contributed by atoms with van der Waals surface area (Å²) in [7, 11) is 0. The van der Waals surface area contributed by atoms with Gasteiger partial charge in [-0.05, 0) is 68.4 Å². The second-order valence-corrected chi connectivity index (χ2v) is 10.1. The van der Waals surface area contributed by atoms with Gasteiger partial charge < -0.3 is 14.8 Å². The van der Waals surface area contributed by atoms with Crippen molar-refractivity contribution in [3.05, 3.63) is 90.9 Å². The van der Waals surface area contributed by atoms with Crippen LogP contribution in [0.1, 0.15) is 22.1 Å². The monoisotopic (exact) mass is 643 g/mol. The summed E-state index contributed by atoms with van der Waals surface area (Å²) in [5.41, 5.74) is 2.88. The summed E-state index contributed by atoms with van der Waals surface area (Å²) in [6.45, 7) is 0. The number of carbonyl (C=O) groups excluding carboxylic acids is 1. The number of nitrogens with one attached hydrogen (secondary N) is 1. The first-order chi connectivity index (χ1) is 17.8. The maximum absolute atomic E-state index is 12.7. The number of aromatic nitrogens is 3. The minimum Gasteiger partial charge on any atom is -0.448 e. The van der Waals surface area contributed by atoms with Crippen LogP contribution in [0.2, 0.25) is 0 Å². The predicted molar refractivity (Wildman–Crippen MR) is 144 cm³/mol. The average Bonchev–Trinajstić information content (AvgIpc) is 3.07. The van der Waals surface area contributed by atoms with E-state index in [2.05, 4.69) is 52.4 Å². The molecule has 0 amide bonds. The number of esters is 1. The Labute approximate surface area is 231 Å². The van der Waals surface area contributed by atoms with Gasteiger partial charge in [0, 0.05) is 28.9 Å². The molecule has 4 aromatic rings. The first-order valence-corrected chi connectivity index (χ1v) is 13.4. The van der Waals surface area contributed by atoms with E-state index >= 15 is 0 Å². The lowest BCUT2D eigenvalue weighted by Crippen LogP contribution is -2.17. The van der Waals surface area contributed by atoms with Crippen LogP contribution in [0.15, 0.2) is 74.8 Å². The third-order valence-electron chi connectivity index (χ3n) is 5.35. The lowest BCUT2D eigenvalue weighted by Gasteiger charge is -2.21. The van der Waals surface area contributed by atoms with Crippen LogP contribution in [-0.4, -0.2) is 32.3 Å². The number of rotatable bonds is 5. The lowest BCUT2D eigenvalue weighted by molar-refractivity contribution is -0.384. The Morgan fingerprint density at radius 2 is 1.81 bits per heavy atom. The number of ether oxygens (including phenoxy) is 2. The second kappa shape index (κ2) is 10.4. The van der Waals surface area contributed by atoms with E-state index in [4.69, 9.17) is 9.47 Å². The SMILES string of the molecule is CSc1nnc2c(n1)OC(c1cc(Br)c(OC(=O)c3ccc([N+](=O)[O-])cc3)c(Br)c1)Nc1ccccc1-2. The quantitative estimate of drug-likeness (QED) is 0.0854. The highest BCUT2D eigenvalue weighted by atomic mass is 79.9. The summed E-state index contributed by atoms with van der Waals surface area (Å²) in [5.74, 6) is -0.0824. The number of hydrogen-bond acceptors (Lipinski definition) is 10. The molecule has 0 aliphatic carbocycles. The molecule has 3 aromatic carbocycles. The van der Waals surface area contributed by atoms with Crippen molar-refractivity contribution in [3.8, 4) is 22.9 Å². The Bertz CT molecular complexity index is 1510. The van der Waals surface area contributed by atoms with E-state index < -0.39 is 17.1 Å². The predicted octanol–water partition coefficient (Wildman–Crippen LogP) is 6.42. The van der Waals surface area contributed by atoms with Crippen molar-refractivity contribution in [2.75, 3.05) is 11.6 Å². The van der Waals surface area contributed by atoms with Crippen molar-refractivity contribution in [3.63, 3.8) is 0 Å². The number of nitro groups is 1. The number of halogens is 2. The van der Waals surface area contributed by atoms with Gasteiger partial charge >= 0.3 is 5.97 Å². The normalized spacial score (nSPS) is 13.9. The van der Waals surface area contributed by atoms with Crippen LogP contribution in [0.4, 0.5) is 11.4 Å². The van der Waals surface area contributed by atoms with E-state index in [1.807, 2.05) is 30.5 Å². The number of non-ortho nitro benzene ring substituents is 1. The molecule has 186 valence electrons. The number of hydrogen-bond donors (Lipinski definition) is 1. The minimum atomic E-state index is -0.664. The first-order valence-electron chi connectivity index (χ1n) is 10.6. The van der Waals surface area contributed by atoms with E-state index in [0.717, 1.165) is 11.3 Å². The Balaban J connectivity index is 1.46. The first kappa shape index (κ1) is 25.1. The van der Waals surface area contributed by atoms with Gasteiger partial charge in [-0.25, -0.2) is 4.79 Å². The highest BCUT2D eigenvalue weighted by molar-refractivity contribution is 9.11. The average molecular weight is 645 g/mol. The minimum absolute atomic E-state index is 0.118. The van der Waals surface area contributed by atoms with Crippen molar-refractivity contribution < 1.29 is 19.2 Å². The zero-order valence-electron chi connectivity index (χ0n) is 18.8. The summed E-state index contributed by atoms with van der Waals surface area (Å²) in [6, 6.07) is 16.3. The fraction of sp³-hybridized carbons (Fsp3) is 0.0833. The molecular formula is C24H15Br2N5O5S. The smallest absolute Gasteiger partial charge is 0.343 e. The zero-order chi connectivity index (χ0) is 26.1. The lowest BCUT2D eigenvalue weighted by atomic mass is 10.1. The van der Waals surface area contributed by atoms with E-state index in [-0.39, 0.29) is 17.0 Å². The number of anilines is 1.